The number of pyridine rings is 1. The summed E-state index contributed by atoms with van der Waals surface area (Å²) in [6.07, 6.45) is 5.25. The summed E-state index contributed by atoms with van der Waals surface area (Å²) >= 11 is 1.65. The summed E-state index contributed by atoms with van der Waals surface area (Å²) < 4.78 is 0. The number of nitrogens with zero attached hydrogens (tertiary/aromatic N) is 3. The third-order valence-electron chi connectivity index (χ3n) is 5.02. The minimum absolute atomic E-state index is 0.284. The first-order chi connectivity index (χ1) is 13.1. The van der Waals surface area contributed by atoms with Crippen molar-refractivity contribution in [3.05, 3.63) is 76.1 Å². The fourth-order valence-corrected chi connectivity index (χ4v) is 4.52. The Morgan fingerprint density at radius 1 is 1.33 bits per heavy atom. The van der Waals surface area contributed by atoms with Gasteiger partial charge in [0.25, 0.3) is 0 Å². The molecule has 1 unspecified atom stereocenters. The fourth-order valence-electron chi connectivity index (χ4n) is 3.67. The molecular formula is C21H22N4OS. The second kappa shape index (κ2) is 7.48. The molecule has 0 aliphatic heterocycles. The first kappa shape index (κ1) is 17.7. The average molecular weight is 379 g/mol. The monoisotopic (exact) mass is 378 g/mol. The zero-order valence-corrected chi connectivity index (χ0v) is 16.1. The normalized spacial score (nSPS) is 16.0. The number of aromatic nitrogens is 2. The molecule has 1 aliphatic carbocycles. The zero-order chi connectivity index (χ0) is 18.8. The van der Waals surface area contributed by atoms with Gasteiger partial charge in [0.15, 0.2) is 5.13 Å². The summed E-state index contributed by atoms with van der Waals surface area (Å²) in [5.74, 6) is -0.119. The standard InChI is InChI=1S/C21H22N4OS/c1-25(12-14-5-2-7-16(11-14)20(22)26)21-24-18(13-27-21)17-9-3-6-15-8-4-10-23-19(15)17/h2,4-5,7-8,10-11,13,17H,3,6,9,12H2,1H3,(H2,22,26). The van der Waals surface area contributed by atoms with Gasteiger partial charge in [-0.25, -0.2) is 4.98 Å². The van der Waals surface area contributed by atoms with Crippen molar-refractivity contribution in [2.75, 3.05) is 11.9 Å². The molecule has 0 saturated heterocycles. The SMILES string of the molecule is CN(Cc1cccc(C(N)=O)c1)c1nc(C2CCCc3cccnc32)cs1. The number of primary amides is 1. The third kappa shape index (κ3) is 3.71. The van der Waals surface area contributed by atoms with E-state index in [0.29, 0.717) is 12.1 Å². The summed E-state index contributed by atoms with van der Waals surface area (Å²) in [6, 6.07) is 11.6. The Hall–Kier alpha value is -2.73. The number of anilines is 1. The summed E-state index contributed by atoms with van der Waals surface area (Å²) in [5.41, 5.74) is 10.6. The van der Waals surface area contributed by atoms with Gasteiger partial charge >= 0.3 is 0 Å². The van der Waals surface area contributed by atoms with Gasteiger partial charge in [0.05, 0.1) is 11.4 Å². The van der Waals surface area contributed by atoms with Gasteiger partial charge in [0, 0.05) is 36.7 Å². The lowest BCUT2D eigenvalue weighted by molar-refractivity contribution is 0.1000. The van der Waals surface area contributed by atoms with E-state index in [-0.39, 0.29) is 5.92 Å². The molecule has 6 heteroatoms. The maximum Gasteiger partial charge on any atom is 0.248 e. The second-order valence-corrected chi connectivity index (χ2v) is 7.80. The Bertz CT molecular complexity index is 968. The van der Waals surface area contributed by atoms with Crippen molar-refractivity contribution in [3.8, 4) is 0 Å². The van der Waals surface area contributed by atoms with Crippen LogP contribution >= 0.6 is 11.3 Å². The van der Waals surface area contributed by atoms with Crippen molar-refractivity contribution in [3.63, 3.8) is 0 Å². The number of benzene rings is 1. The van der Waals surface area contributed by atoms with E-state index in [4.69, 9.17) is 10.7 Å². The molecule has 27 heavy (non-hydrogen) atoms. The smallest absolute Gasteiger partial charge is 0.248 e. The van der Waals surface area contributed by atoms with Crippen LogP contribution in [-0.2, 0) is 13.0 Å². The number of amides is 1. The molecule has 0 fully saturated rings. The molecule has 1 amide bonds. The lowest BCUT2D eigenvalue weighted by Gasteiger charge is -2.23. The molecule has 1 atom stereocenters. The Labute approximate surface area is 162 Å². The predicted octanol–water partition coefficient (Wildman–Crippen LogP) is 3.74. The molecule has 1 aromatic carbocycles. The van der Waals surface area contributed by atoms with Gasteiger partial charge < -0.3 is 10.6 Å². The van der Waals surface area contributed by atoms with E-state index >= 15 is 0 Å². The quantitative estimate of drug-likeness (QED) is 0.734. The first-order valence-corrected chi connectivity index (χ1v) is 9.99. The lowest BCUT2D eigenvalue weighted by atomic mass is 9.85. The van der Waals surface area contributed by atoms with E-state index in [9.17, 15) is 4.79 Å². The number of aryl methyl sites for hydroxylation is 1. The van der Waals surface area contributed by atoms with Crippen molar-refractivity contribution >= 4 is 22.4 Å². The Morgan fingerprint density at radius 3 is 3.07 bits per heavy atom. The van der Waals surface area contributed by atoms with Crippen LogP contribution in [0.3, 0.4) is 0 Å². The molecule has 2 aromatic heterocycles. The van der Waals surface area contributed by atoms with Crippen LogP contribution in [-0.4, -0.2) is 22.9 Å². The summed E-state index contributed by atoms with van der Waals surface area (Å²) in [7, 11) is 2.02. The molecule has 0 radical (unpaired) electrons. The number of carbonyl (C=O) groups is 1. The minimum Gasteiger partial charge on any atom is -0.366 e. The van der Waals surface area contributed by atoms with Crippen molar-refractivity contribution in [2.24, 2.45) is 5.73 Å². The van der Waals surface area contributed by atoms with Crippen LogP contribution in [0.4, 0.5) is 5.13 Å². The molecule has 5 nitrogen and oxygen atoms in total. The highest BCUT2D eigenvalue weighted by Crippen LogP contribution is 2.37. The molecule has 2 N–H and O–H groups in total. The number of nitrogens with two attached hydrogens (primary N) is 1. The summed E-state index contributed by atoms with van der Waals surface area (Å²) in [5, 5.41) is 3.12. The van der Waals surface area contributed by atoms with Crippen molar-refractivity contribution in [1.82, 2.24) is 9.97 Å². The number of thiazole rings is 1. The van der Waals surface area contributed by atoms with Crippen LogP contribution in [0.5, 0.6) is 0 Å². The Kier molecular flexibility index (Phi) is 4.90. The van der Waals surface area contributed by atoms with E-state index in [1.54, 1.807) is 17.4 Å². The highest BCUT2D eigenvalue weighted by Gasteiger charge is 2.25. The van der Waals surface area contributed by atoms with Crippen molar-refractivity contribution < 1.29 is 4.79 Å². The topological polar surface area (TPSA) is 72.1 Å². The fraction of sp³-hybridized carbons (Fsp3) is 0.286. The number of rotatable bonds is 5. The van der Waals surface area contributed by atoms with Gasteiger partial charge in [-0.05, 0) is 48.6 Å². The van der Waals surface area contributed by atoms with E-state index in [1.807, 2.05) is 37.5 Å². The van der Waals surface area contributed by atoms with Crippen molar-refractivity contribution in [2.45, 2.75) is 31.7 Å². The van der Waals surface area contributed by atoms with Gasteiger partial charge in [-0.2, -0.15) is 0 Å². The summed E-state index contributed by atoms with van der Waals surface area (Å²) in [4.78, 5) is 23.0. The van der Waals surface area contributed by atoms with Gasteiger partial charge in [-0.3, -0.25) is 9.78 Å². The maximum absolute atomic E-state index is 11.4. The van der Waals surface area contributed by atoms with E-state index in [2.05, 4.69) is 21.3 Å². The van der Waals surface area contributed by atoms with Gasteiger partial charge in [-0.15, -0.1) is 11.3 Å². The molecule has 3 aromatic rings. The average Bonchev–Trinajstić information content (AvgIpc) is 3.18. The van der Waals surface area contributed by atoms with E-state index in [0.717, 1.165) is 29.2 Å². The minimum atomic E-state index is -0.403. The molecule has 1 aliphatic rings. The Balaban J connectivity index is 1.53. The molecule has 2 heterocycles. The predicted molar refractivity (Wildman–Crippen MR) is 108 cm³/mol. The number of hydrogen-bond acceptors (Lipinski definition) is 5. The maximum atomic E-state index is 11.4. The lowest BCUT2D eigenvalue weighted by Crippen LogP contribution is -2.18. The summed E-state index contributed by atoms with van der Waals surface area (Å²) in [6.45, 7) is 0.674. The van der Waals surface area contributed by atoms with Gasteiger partial charge in [0.1, 0.15) is 0 Å². The highest BCUT2D eigenvalue weighted by atomic mass is 32.1. The number of carbonyl (C=O) groups excluding carboxylic acids is 1. The van der Waals surface area contributed by atoms with E-state index in [1.165, 1.54) is 17.7 Å². The number of fused-ring (bicyclic) bond motifs is 1. The van der Waals surface area contributed by atoms with Crippen LogP contribution in [0.1, 0.15) is 51.6 Å². The molecule has 138 valence electrons. The Morgan fingerprint density at radius 2 is 2.22 bits per heavy atom. The van der Waals surface area contributed by atoms with Crippen LogP contribution < -0.4 is 10.6 Å². The third-order valence-corrected chi connectivity index (χ3v) is 5.99. The van der Waals surface area contributed by atoms with Crippen LogP contribution in [0, 0.1) is 0 Å². The van der Waals surface area contributed by atoms with Crippen LogP contribution in [0.2, 0.25) is 0 Å². The van der Waals surface area contributed by atoms with Gasteiger partial charge in [0.2, 0.25) is 5.91 Å². The molecule has 0 bridgehead atoms. The molecule has 0 spiro atoms. The largest absolute Gasteiger partial charge is 0.366 e. The van der Waals surface area contributed by atoms with Crippen molar-refractivity contribution in [1.29, 1.82) is 0 Å². The molecule has 0 saturated carbocycles. The first-order valence-electron chi connectivity index (χ1n) is 9.11. The highest BCUT2D eigenvalue weighted by molar-refractivity contribution is 7.13. The van der Waals surface area contributed by atoms with E-state index < -0.39 is 5.91 Å². The zero-order valence-electron chi connectivity index (χ0n) is 15.3. The van der Waals surface area contributed by atoms with Crippen LogP contribution in [0.25, 0.3) is 0 Å². The van der Waals surface area contributed by atoms with Gasteiger partial charge in [-0.1, -0.05) is 18.2 Å². The number of hydrogen-bond donors (Lipinski definition) is 1. The molecule has 4 rings (SSSR count). The second-order valence-electron chi connectivity index (χ2n) is 6.97. The van der Waals surface area contributed by atoms with Crippen LogP contribution in [0.15, 0.2) is 48.0 Å². The molecular weight excluding hydrogens is 356 g/mol.